The van der Waals surface area contributed by atoms with Crippen molar-refractivity contribution < 1.29 is 13.3 Å². The van der Waals surface area contributed by atoms with E-state index in [1.807, 2.05) is 97.9 Å². The van der Waals surface area contributed by atoms with Crippen LogP contribution in [0.4, 0.5) is 0 Å². The van der Waals surface area contributed by atoms with Crippen LogP contribution in [0, 0.1) is 0 Å². The minimum Gasteiger partial charge on any atom is -0.483 e. The van der Waals surface area contributed by atoms with E-state index < -0.39 is 14.5 Å². The fourth-order valence-corrected chi connectivity index (χ4v) is 4.38. The van der Waals surface area contributed by atoms with Gasteiger partial charge in [0, 0.05) is 0 Å². The van der Waals surface area contributed by atoms with Gasteiger partial charge in [-0.2, -0.15) is 0 Å². The van der Waals surface area contributed by atoms with E-state index in [4.69, 9.17) is 19.0 Å². The van der Waals surface area contributed by atoms with Gasteiger partial charge in [0.2, 0.25) is 0 Å². The summed E-state index contributed by atoms with van der Waals surface area (Å²) in [5.74, 6) is 2.00. The van der Waals surface area contributed by atoms with Crippen molar-refractivity contribution in [3.05, 3.63) is 91.0 Å². The molecule has 4 nitrogen and oxygen atoms in total. The molecule has 25 heavy (non-hydrogen) atoms. The van der Waals surface area contributed by atoms with E-state index in [1.54, 1.807) is 0 Å². The Morgan fingerprint density at radius 3 is 1.12 bits per heavy atom. The first-order valence-corrected chi connectivity index (χ1v) is 9.96. The molecule has 0 spiro atoms. The van der Waals surface area contributed by atoms with Crippen LogP contribution in [-0.4, -0.2) is 14.5 Å². The number of nitrogens with two attached hydrogens (primary N) is 1. The van der Waals surface area contributed by atoms with Crippen LogP contribution in [0.3, 0.4) is 0 Å². The average Bonchev–Trinajstić information content (AvgIpc) is 2.64. The first kappa shape index (κ1) is 17.1. The molecule has 0 fully saturated rings. The Hall–Kier alpha value is -2.76. The fraction of sp³-hybridized carbons (Fsp3) is 0.100. The Morgan fingerprint density at radius 1 is 0.600 bits per heavy atom. The third-order valence-electron chi connectivity index (χ3n) is 3.57. The van der Waals surface area contributed by atoms with E-state index in [0.29, 0.717) is 17.2 Å². The average molecular weight is 351 g/mol. The Bertz CT molecular complexity index is 665. The van der Waals surface area contributed by atoms with Gasteiger partial charge in [0.25, 0.3) is 0 Å². The summed E-state index contributed by atoms with van der Waals surface area (Å²) in [5.41, 5.74) is 5.86. The van der Waals surface area contributed by atoms with Gasteiger partial charge in [0.15, 0.2) is 0 Å². The lowest BCUT2D eigenvalue weighted by molar-refractivity contribution is 0.248. The second-order valence-corrected chi connectivity index (χ2v) is 8.37. The summed E-state index contributed by atoms with van der Waals surface area (Å²) in [4.78, 5) is 0. The van der Waals surface area contributed by atoms with Gasteiger partial charge in [-0.15, -0.1) is 0 Å². The number of hydrogen-bond donors (Lipinski definition) is 1. The quantitative estimate of drug-likeness (QED) is 0.653. The topological polar surface area (TPSA) is 53.7 Å². The maximum absolute atomic E-state index is 6.30. The predicted octanol–water partition coefficient (Wildman–Crippen LogP) is 4.05. The second kappa shape index (κ2) is 7.87. The minimum absolute atomic E-state index is 0.437. The first-order valence-electron chi connectivity index (χ1n) is 8.16. The van der Waals surface area contributed by atoms with Gasteiger partial charge < -0.3 is 19.0 Å². The maximum atomic E-state index is 6.30. The highest BCUT2D eigenvalue weighted by Crippen LogP contribution is 2.25. The Balaban J connectivity index is 1.97. The number of benzene rings is 3. The molecule has 3 aromatic carbocycles. The summed E-state index contributed by atoms with van der Waals surface area (Å²) in [5, 5.41) is 0. The molecule has 1 unspecified atom stereocenters. The Kier molecular flexibility index (Phi) is 5.38. The van der Waals surface area contributed by atoms with Crippen LogP contribution in [-0.2, 0) is 0 Å². The van der Waals surface area contributed by atoms with E-state index in [2.05, 4.69) is 0 Å². The lowest BCUT2D eigenvalue weighted by Gasteiger charge is -2.32. The van der Waals surface area contributed by atoms with Crippen LogP contribution < -0.4 is 19.0 Å². The van der Waals surface area contributed by atoms with Crippen molar-refractivity contribution in [2.75, 3.05) is 0 Å². The summed E-state index contributed by atoms with van der Waals surface area (Å²) in [6.07, 6.45) is 0. The monoisotopic (exact) mass is 351 g/mol. The SMILES string of the molecule is CC(N)[Si](Oc1ccccc1)(Oc1ccccc1)Oc1ccccc1. The molecule has 0 radical (unpaired) electrons. The maximum Gasteiger partial charge on any atom is 0.716 e. The molecule has 1 atom stereocenters. The fourth-order valence-electron chi connectivity index (χ4n) is 2.30. The molecule has 0 aliphatic rings. The lowest BCUT2D eigenvalue weighted by atomic mass is 10.3. The summed E-state index contributed by atoms with van der Waals surface area (Å²) >= 11 is 0. The zero-order valence-electron chi connectivity index (χ0n) is 14.0. The van der Waals surface area contributed by atoms with Crippen molar-refractivity contribution in [3.8, 4) is 17.2 Å². The molecule has 5 heteroatoms. The van der Waals surface area contributed by atoms with Crippen LogP contribution in [0.25, 0.3) is 0 Å². The highest BCUT2D eigenvalue weighted by Gasteiger charge is 2.54. The van der Waals surface area contributed by atoms with Gasteiger partial charge >= 0.3 is 8.80 Å². The zero-order chi connectivity index (χ0) is 17.5. The lowest BCUT2D eigenvalue weighted by Crippen LogP contribution is -2.66. The molecule has 0 bridgehead atoms. The molecule has 0 saturated carbocycles. The summed E-state index contributed by atoms with van der Waals surface area (Å²) in [6, 6.07) is 28.4. The zero-order valence-corrected chi connectivity index (χ0v) is 15.0. The molecule has 0 amide bonds. The second-order valence-electron chi connectivity index (χ2n) is 5.64. The molecule has 0 saturated heterocycles. The number of hydrogen-bond acceptors (Lipinski definition) is 4. The van der Waals surface area contributed by atoms with Gasteiger partial charge in [0.1, 0.15) is 22.9 Å². The highest BCUT2D eigenvalue weighted by atomic mass is 28.4. The van der Waals surface area contributed by atoms with Crippen molar-refractivity contribution in [2.45, 2.75) is 12.6 Å². The molecule has 128 valence electrons. The molecule has 0 aromatic heterocycles. The van der Waals surface area contributed by atoms with Crippen molar-refractivity contribution in [1.82, 2.24) is 0 Å². The molecule has 3 rings (SSSR count). The third kappa shape index (κ3) is 4.41. The van der Waals surface area contributed by atoms with Crippen molar-refractivity contribution in [1.29, 1.82) is 0 Å². The largest absolute Gasteiger partial charge is 0.716 e. The van der Waals surface area contributed by atoms with Crippen LogP contribution in [0.2, 0.25) is 0 Å². The van der Waals surface area contributed by atoms with Crippen LogP contribution in [0.5, 0.6) is 17.2 Å². The number of rotatable bonds is 7. The number of para-hydroxylation sites is 3. The van der Waals surface area contributed by atoms with E-state index in [1.165, 1.54) is 0 Å². The standard InChI is InChI=1S/C20H21NO3Si/c1-17(21)25(22-18-11-5-2-6-12-18,23-19-13-7-3-8-14-19)24-20-15-9-4-10-16-20/h2-17H,21H2,1H3. The van der Waals surface area contributed by atoms with Crippen molar-refractivity contribution in [3.63, 3.8) is 0 Å². The molecule has 0 aliphatic carbocycles. The third-order valence-corrected chi connectivity index (χ3v) is 6.24. The van der Waals surface area contributed by atoms with Gasteiger partial charge in [-0.3, -0.25) is 0 Å². The van der Waals surface area contributed by atoms with Crippen molar-refractivity contribution in [2.24, 2.45) is 5.73 Å². The Labute approximate surface area is 149 Å². The summed E-state index contributed by atoms with van der Waals surface area (Å²) in [6.45, 7) is 1.85. The van der Waals surface area contributed by atoms with Crippen LogP contribution in [0.1, 0.15) is 6.92 Å². The van der Waals surface area contributed by atoms with Crippen molar-refractivity contribution >= 4 is 8.80 Å². The molecular formula is C20H21NO3Si. The molecule has 2 N–H and O–H groups in total. The Morgan fingerprint density at radius 2 is 0.880 bits per heavy atom. The van der Waals surface area contributed by atoms with Gasteiger partial charge in [0.05, 0.1) is 0 Å². The molecule has 0 heterocycles. The molecular weight excluding hydrogens is 330 g/mol. The van der Waals surface area contributed by atoms with Gasteiger partial charge in [-0.1, -0.05) is 54.6 Å². The highest BCUT2D eigenvalue weighted by molar-refractivity contribution is 6.64. The van der Waals surface area contributed by atoms with E-state index in [9.17, 15) is 0 Å². The van der Waals surface area contributed by atoms with Crippen LogP contribution >= 0.6 is 0 Å². The molecule has 0 aliphatic heterocycles. The van der Waals surface area contributed by atoms with Gasteiger partial charge in [-0.05, 0) is 43.3 Å². The summed E-state index contributed by atoms with van der Waals surface area (Å²) < 4.78 is 18.7. The van der Waals surface area contributed by atoms with E-state index >= 15 is 0 Å². The smallest absolute Gasteiger partial charge is 0.483 e. The van der Waals surface area contributed by atoms with Gasteiger partial charge in [-0.25, -0.2) is 0 Å². The summed E-state index contributed by atoms with van der Waals surface area (Å²) in [7, 11) is -3.32. The normalized spacial score (nSPS) is 12.2. The minimum atomic E-state index is -3.32. The van der Waals surface area contributed by atoms with Crippen LogP contribution in [0.15, 0.2) is 91.0 Å². The van der Waals surface area contributed by atoms with E-state index in [0.717, 1.165) is 0 Å². The predicted molar refractivity (Wildman–Crippen MR) is 101 cm³/mol. The van der Waals surface area contributed by atoms with E-state index in [-0.39, 0.29) is 0 Å². The first-order chi connectivity index (χ1) is 12.2. The molecule has 3 aromatic rings.